The van der Waals surface area contributed by atoms with Crippen LogP contribution in [0.15, 0.2) is 0 Å². The van der Waals surface area contributed by atoms with Gasteiger partial charge in [0, 0.05) is 24.7 Å². The van der Waals surface area contributed by atoms with Crippen LogP contribution in [0.1, 0.15) is 77.6 Å². The van der Waals surface area contributed by atoms with Crippen LogP contribution in [-0.4, -0.2) is 24.7 Å². The molecule has 1 saturated heterocycles. The Balaban J connectivity index is 1.40. The second-order valence-electron chi connectivity index (χ2n) is 7.81. The van der Waals surface area contributed by atoms with Crippen molar-refractivity contribution in [3.8, 4) is 0 Å². The van der Waals surface area contributed by atoms with Crippen molar-refractivity contribution in [3.05, 3.63) is 0 Å². The lowest BCUT2D eigenvalue weighted by Gasteiger charge is -2.41. The summed E-state index contributed by atoms with van der Waals surface area (Å²) >= 11 is 0. The largest absolute Gasteiger partial charge is 0.312 e. The Bertz CT molecular complexity index is 291. The number of piperidine rings is 1. The fraction of sp³-hybridized carbons (Fsp3) is 1.00. The molecule has 2 nitrogen and oxygen atoms in total. The molecule has 0 aromatic rings. The molecule has 116 valence electrons. The first-order valence-corrected chi connectivity index (χ1v) is 9.30. The van der Waals surface area contributed by atoms with Gasteiger partial charge in [-0.1, -0.05) is 32.6 Å². The van der Waals surface area contributed by atoms with Gasteiger partial charge in [-0.05, 0) is 56.8 Å². The minimum Gasteiger partial charge on any atom is -0.312 e. The second kappa shape index (κ2) is 7.26. The molecule has 0 radical (unpaired) electrons. The van der Waals surface area contributed by atoms with E-state index in [9.17, 15) is 0 Å². The predicted molar refractivity (Wildman–Crippen MR) is 85.9 cm³/mol. The van der Waals surface area contributed by atoms with Gasteiger partial charge < -0.3 is 10.6 Å². The van der Waals surface area contributed by atoms with E-state index < -0.39 is 0 Å². The van der Waals surface area contributed by atoms with E-state index in [0.717, 1.165) is 30.0 Å². The highest BCUT2D eigenvalue weighted by Gasteiger charge is 2.31. The first-order valence-electron chi connectivity index (χ1n) is 9.30. The summed E-state index contributed by atoms with van der Waals surface area (Å²) in [6.45, 7) is 3.64. The summed E-state index contributed by atoms with van der Waals surface area (Å²) in [7, 11) is 0. The fourth-order valence-electron chi connectivity index (χ4n) is 4.74. The van der Waals surface area contributed by atoms with Gasteiger partial charge >= 0.3 is 0 Å². The van der Waals surface area contributed by atoms with Crippen molar-refractivity contribution in [2.75, 3.05) is 6.54 Å². The standard InChI is InChI=1S/C18H34N2/c1-14-5-4-7-16(11-9-14)19-13-17-12-10-15-6-2-3-8-18(15)20-17/h14-20H,2-13H2,1H3. The number of rotatable bonds is 3. The Morgan fingerprint density at radius 2 is 1.75 bits per heavy atom. The lowest BCUT2D eigenvalue weighted by molar-refractivity contribution is 0.172. The zero-order valence-corrected chi connectivity index (χ0v) is 13.4. The number of fused-ring (bicyclic) bond motifs is 1. The first kappa shape index (κ1) is 14.8. The topological polar surface area (TPSA) is 24.1 Å². The van der Waals surface area contributed by atoms with Crippen LogP contribution in [0, 0.1) is 11.8 Å². The van der Waals surface area contributed by atoms with Crippen molar-refractivity contribution in [1.29, 1.82) is 0 Å². The van der Waals surface area contributed by atoms with E-state index in [4.69, 9.17) is 0 Å². The molecule has 2 heteroatoms. The van der Waals surface area contributed by atoms with Crippen molar-refractivity contribution in [2.24, 2.45) is 11.8 Å². The van der Waals surface area contributed by atoms with Gasteiger partial charge in [-0.3, -0.25) is 0 Å². The highest BCUT2D eigenvalue weighted by molar-refractivity contribution is 4.90. The van der Waals surface area contributed by atoms with E-state index in [1.54, 1.807) is 0 Å². The molecule has 2 aliphatic carbocycles. The summed E-state index contributed by atoms with van der Waals surface area (Å²) < 4.78 is 0. The summed E-state index contributed by atoms with van der Waals surface area (Å²) in [6.07, 6.45) is 15.8. The number of hydrogen-bond donors (Lipinski definition) is 2. The van der Waals surface area contributed by atoms with Crippen LogP contribution < -0.4 is 10.6 Å². The van der Waals surface area contributed by atoms with Crippen LogP contribution in [0.25, 0.3) is 0 Å². The lowest BCUT2D eigenvalue weighted by atomic mass is 9.78. The molecule has 0 spiro atoms. The molecule has 5 atom stereocenters. The molecule has 0 aromatic heterocycles. The van der Waals surface area contributed by atoms with Gasteiger partial charge in [0.25, 0.3) is 0 Å². The Kier molecular flexibility index (Phi) is 5.39. The third-order valence-electron chi connectivity index (χ3n) is 6.16. The van der Waals surface area contributed by atoms with Crippen LogP contribution in [0.3, 0.4) is 0 Å². The van der Waals surface area contributed by atoms with Crippen molar-refractivity contribution in [2.45, 2.75) is 95.7 Å². The van der Waals surface area contributed by atoms with E-state index in [-0.39, 0.29) is 0 Å². The molecule has 3 rings (SSSR count). The maximum Gasteiger partial charge on any atom is 0.0195 e. The monoisotopic (exact) mass is 278 g/mol. The number of nitrogens with one attached hydrogen (secondary N) is 2. The van der Waals surface area contributed by atoms with E-state index in [2.05, 4.69) is 17.6 Å². The summed E-state index contributed by atoms with van der Waals surface area (Å²) in [5, 5.41) is 7.84. The van der Waals surface area contributed by atoms with E-state index >= 15 is 0 Å². The van der Waals surface area contributed by atoms with Gasteiger partial charge in [0.05, 0.1) is 0 Å². The molecule has 5 unspecified atom stereocenters. The molecule has 2 saturated carbocycles. The van der Waals surface area contributed by atoms with Gasteiger partial charge in [-0.15, -0.1) is 0 Å². The molecule has 2 N–H and O–H groups in total. The molecule has 0 aromatic carbocycles. The zero-order chi connectivity index (χ0) is 13.8. The molecular weight excluding hydrogens is 244 g/mol. The van der Waals surface area contributed by atoms with E-state index in [1.165, 1.54) is 77.2 Å². The molecule has 20 heavy (non-hydrogen) atoms. The van der Waals surface area contributed by atoms with Crippen LogP contribution in [0.2, 0.25) is 0 Å². The summed E-state index contributed by atoms with van der Waals surface area (Å²) in [4.78, 5) is 0. The minimum atomic E-state index is 0.745. The van der Waals surface area contributed by atoms with Crippen molar-refractivity contribution >= 4 is 0 Å². The Morgan fingerprint density at radius 1 is 0.850 bits per heavy atom. The van der Waals surface area contributed by atoms with Gasteiger partial charge in [-0.2, -0.15) is 0 Å². The predicted octanol–water partition coefficient (Wildman–Crippen LogP) is 3.86. The van der Waals surface area contributed by atoms with Gasteiger partial charge in [0.15, 0.2) is 0 Å². The summed E-state index contributed by atoms with van der Waals surface area (Å²) in [5.41, 5.74) is 0. The minimum absolute atomic E-state index is 0.745. The lowest BCUT2D eigenvalue weighted by Crippen LogP contribution is -2.53. The second-order valence-corrected chi connectivity index (χ2v) is 7.81. The van der Waals surface area contributed by atoms with Crippen LogP contribution in [-0.2, 0) is 0 Å². The number of hydrogen-bond acceptors (Lipinski definition) is 2. The average Bonchev–Trinajstić information content (AvgIpc) is 2.69. The SMILES string of the molecule is CC1CCCC(NCC2CCC3CCCCC3N2)CC1. The van der Waals surface area contributed by atoms with Crippen molar-refractivity contribution in [3.63, 3.8) is 0 Å². The Morgan fingerprint density at radius 3 is 2.70 bits per heavy atom. The Hall–Kier alpha value is -0.0800. The quantitative estimate of drug-likeness (QED) is 0.766. The highest BCUT2D eigenvalue weighted by Crippen LogP contribution is 2.32. The van der Waals surface area contributed by atoms with E-state index in [1.807, 2.05) is 0 Å². The van der Waals surface area contributed by atoms with Crippen molar-refractivity contribution in [1.82, 2.24) is 10.6 Å². The van der Waals surface area contributed by atoms with Gasteiger partial charge in [0.1, 0.15) is 0 Å². The smallest absolute Gasteiger partial charge is 0.0195 e. The third-order valence-corrected chi connectivity index (χ3v) is 6.16. The van der Waals surface area contributed by atoms with Crippen LogP contribution in [0.4, 0.5) is 0 Å². The molecule has 3 fully saturated rings. The zero-order valence-electron chi connectivity index (χ0n) is 13.4. The van der Waals surface area contributed by atoms with Crippen LogP contribution in [0.5, 0.6) is 0 Å². The summed E-state index contributed by atoms with van der Waals surface area (Å²) in [5.74, 6) is 1.95. The molecule has 1 heterocycles. The highest BCUT2D eigenvalue weighted by atomic mass is 15.0. The third kappa shape index (κ3) is 3.98. The van der Waals surface area contributed by atoms with Crippen LogP contribution >= 0.6 is 0 Å². The van der Waals surface area contributed by atoms with Crippen molar-refractivity contribution < 1.29 is 0 Å². The normalized spacial score (nSPS) is 42.8. The first-order chi connectivity index (χ1) is 9.81. The maximum atomic E-state index is 3.96. The van der Waals surface area contributed by atoms with Gasteiger partial charge in [0.2, 0.25) is 0 Å². The maximum absolute atomic E-state index is 3.96. The molecule has 0 amide bonds. The molecule has 1 aliphatic heterocycles. The Labute approximate surface area is 125 Å². The summed E-state index contributed by atoms with van der Waals surface area (Å²) in [6, 6.07) is 2.39. The van der Waals surface area contributed by atoms with Gasteiger partial charge in [-0.25, -0.2) is 0 Å². The van der Waals surface area contributed by atoms with E-state index in [0.29, 0.717) is 0 Å². The average molecular weight is 278 g/mol. The molecular formula is C18H34N2. The molecule has 0 bridgehead atoms. The fourth-order valence-corrected chi connectivity index (χ4v) is 4.74. The molecule has 3 aliphatic rings.